The molecule has 0 aliphatic heterocycles. The van der Waals surface area contributed by atoms with Crippen LogP contribution in [0.25, 0.3) is 0 Å². The number of carbonyl (C=O) groups is 2. The topological polar surface area (TPSA) is 61.8 Å². The number of ether oxygens (including phenoxy) is 3. The summed E-state index contributed by atoms with van der Waals surface area (Å²) in [6, 6.07) is 0. The first-order chi connectivity index (χ1) is 11.7. The van der Waals surface area contributed by atoms with Gasteiger partial charge in [-0.15, -0.1) is 0 Å². The molecule has 0 aromatic carbocycles. The Kier molecular flexibility index (Phi) is 17.4. The molecule has 0 spiro atoms. The third-order valence-electron chi connectivity index (χ3n) is 3.71. The number of carbonyl (C=O) groups excluding carboxylic acids is 2. The third kappa shape index (κ3) is 17.3. The van der Waals surface area contributed by atoms with Gasteiger partial charge in [0.2, 0.25) is 0 Å². The minimum absolute atomic E-state index is 0.193. The molecule has 0 aliphatic carbocycles. The quantitative estimate of drug-likeness (QED) is 0.289. The average molecular weight is 344 g/mol. The molecule has 0 amide bonds. The lowest BCUT2D eigenvalue weighted by Gasteiger charge is -2.07. The summed E-state index contributed by atoms with van der Waals surface area (Å²) in [7, 11) is 0. The highest BCUT2D eigenvalue weighted by molar-refractivity contribution is 5.73. The second-order valence-corrected chi connectivity index (χ2v) is 6.12. The maximum atomic E-state index is 11.4. The molecule has 0 fully saturated rings. The van der Waals surface area contributed by atoms with Gasteiger partial charge in [0.15, 0.2) is 0 Å². The van der Waals surface area contributed by atoms with Crippen molar-refractivity contribution in [2.24, 2.45) is 0 Å². The second kappa shape index (κ2) is 18.2. The van der Waals surface area contributed by atoms with Crippen LogP contribution in [0, 0.1) is 0 Å². The van der Waals surface area contributed by atoms with Gasteiger partial charge in [0.25, 0.3) is 0 Å². The van der Waals surface area contributed by atoms with E-state index >= 15 is 0 Å². The van der Waals surface area contributed by atoms with E-state index < -0.39 is 11.9 Å². The Morgan fingerprint density at radius 3 is 1.38 bits per heavy atom. The Labute approximate surface area is 147 Å². The van der Waals surface area contributed by atoms with Crippen molar-refractivity contribution in [1.29, 1.82) is 0 Å². The van der Waals surface area contributed by atoms with Crippen LogP contribution in [0.1, 0.15) is 84.5 Å². The van der Waals surface area contributed by atoms with Crippen molar-refractivity contribution in [3.63, 3.8) is 0 Å². The molecule has 0 saturated heterocycles. The Morgan fingerprint density at radius 1 is 0.583 bits per heavy atom. The molecule has 0 bridgehead atoms. The zero-order valence-corrected chi connectivity index (χ0v) is 15.6. The fourth-order valence-corrected chi connectivity index (χ4v) is 2.26. The number of unbranched alkanes of at least 4 members (excludes halogenated alkanes) is 9. The van der Waals surface area contributed by atoms with Crippen LogP contribution in [0.15, 0.2) is 0 Å². The smallest absolute Gasteiger partial charge is 0.332 e. The van der Waals surface area contributed by atoms with Gasteiger partial charge in [-0.2, -0.15) is 0 Å². The van der Waals surface area contributed by atoms with E-state index in [0.29, 0.717) is 13.2 Å². The summed E-state index contributed by atoms with van der Waals surface area (Å²) in [5.41, 5.74) is 0. The van der Waals surface area contributed by atoms with Crippen molar-refractivity contribution >= 4 is 11.9 Å². The summed E-state index contributed by atoms with van der Waals surface area (Å²) >= 11 is 0. The van der Waals surface area contributed by atoms with Crippen LogP contribution in [0.4, 0.5) is 0 Å². The standard InChI is InChI=1S/C19H36O5/c1-3-5-7-9-11-13-15-24-19(21)17-22-16-18(20)23-14-12-10-8-6-4-2/h3-17H2,1-2H3. The lowest BCUT2D eigenvalue weighted by atomic mass is 10.1. The van der Waals surface area contributed by atoms with Crippen LogP contribution in [-0.2, 0) is 23.8 Å². The first kappa shape index (κ1) is 22.9. The Balaban J connectivity index is 3.33. The van der Waals surface area contributed by atoms with Gasteiger partial charge in [-0.1, -0.05) is 71.6 Å². The van der Waals surface area contributed by atoms with Crippen molar-refractivity contribution < 1.29 is 23.8 Å². The van der Waals surface area contributed by atoms with Gasteiger partial charge in [0, 0.05) is 0 Å². The van der Waals surface area contributed by atoms with Crippen LogP contribution in [-0.4, -0.2) is 38.4 Å². The van der Waals surface area contributed by atoms with E-state index in [1.54, 1.807) is 0 Å². The molecule has 24 heavy (non-hydrogen) atoms. The SMILES string of the molecule is CCCCCCCCOC(=O)COCC(=O)OCCCCCCC. The van der Waals surface area contributed by atoms with Crippen molar-refractivity contribution in [2.75, 3.05) is 26.4 Å². The van der Waals surface area contributed by atoms with Crippen LogP contribution in [0.2, 0.25) is 0 Å². The zero-order chi connectivity index (χ0) is 17.9. The monoisotopic (exact) mass is 344 g/mol. The fourth-order valence-electron chi connectivity index (χ4n) is 2.26. The molecule has 0 N–H and O–H groups in total. The van der Waals surface area contributed by atoms with Gasteiger partial charge in [0.05, 0.1) is 13.2 Å². The molecule has 0 unspecified atom stereocenters. The lowest BCUT2D eigenvalue weighted by Crippen LogP contribution is -2.19. The molecule has 0 aromatic heterocycles. The van der Waals surface area contributed by atoms with Crippen LogP contribution in [0.5, 0.6) is 0 Å². The summed E-state index contributed by atoms with van der Waals surface area (Å²) in [5.74, 6) is -0.842. The Bertz CT molecular complexity index is 304. The summed E-state index contributed by atoms with van der Waals surface area (Å²) in [6.45, 7) is 4.81. The summed E-state index contributed by atoms with van der Waals surface area (Å²) in [6.07, 6.45) is 12.4. The first-order valence-electron chi connectivity index (χ1n) is 9.59. The van der Waals surface area contributed by atoms with E-state index in [1.807, 2.05) is 0 Å². The molecule has 142 valence electrons. The Hall–Kier alpha value is -1.10. The van der Waals surface area contributed by atoms with E-state index in [1.165, 1.54) is 44.9 Å². The van der Waals surface area contributed by atoms with Gasteiger partial charge in [0.1, 0.15) is 13.2 Å². The van der Waals surface area contributed by atoms with Crippen molar-refractivity contribution in [3.8, 4) is 0 Å². The normalized spacial score (nSPS) is 10.6. The minimum Gasteiger partial charge on any atom is -0.464 e. The minimum atomic E-state index is -0.422. The van der Waals surface area contributed by atoms with Gasteiger partial charge < -0.3 is 14.2 Å². The number of hydrogen-bond acceptors (Lipinski definition) is 5. The lowest BCUT2D eigenvalue weighted by molar-refractivity contribution is -0.155. The molecule has 0 atom stereocenters. The van der Waals surface area contributed by atoms with Gasteiger partial charge in [-0.25, -0.2) is 9.59 Å². The fraction of sp³-hybridized carbons (Fsp3) is 0.895. The van der Waals surface area contributed by atoms with Crippen molar-refractivity contribution in [1.82, 2.24) is 0 Å². The average Bonchev–Trinajstić information content (AvgIpc) is 2.57. The van der Waals surface area contributed by atoms with E-state index in [9.17, 15) is 9.59 Å². The second-order valence-electron chi connectivity index (χ2n) is 6.12. The molecule has 0 rings (SSSR count). The van der Waals surface area contributed by atoms with E-state index in [0.717, 1.165) is 25.7 Å². The molecule has 0 aliphatic rings. The van der Waals surface area contributed by atoms with Crippen LogP contribution < -0.4 is 0 Å². The number of hydrogen-bond donors (Lipinski definition) is 0. The molecule has 0 heterocycles. The Morgan fingerprint density at radius 2 is 0.958 bits per heavy atom. The van der Waals surface area contributed by atoms with Crippen LogP contribution in [0.3, 0.4) is 0 Å². The predicted octanol–water partition coefficient (Wildman–Crippen LogP) is 4.42. The highest BCUT2D eigenvalue weighted by Gasteiger charge is 2.07. The number of rotatable bonds is 17. The van der Waals surface area contributed by atoms with Crippen molar-refractivity contribution in [3.05, 3.63) is 0 Å². The van der Waals surface area contributed by atoms with E-state index in [2.05, 4.69) is 13.8 Å². The third-order valence-corrected chi connectivity index (χ3v) is 3.71. The highest BCUT2D eigenvalue weighted by Crippen LogP contribution is 2.05. The maximum Gasteiger partial charge on any atom is 0.332 e. The molecular formula is C19H36O5. The maximum absolute atomic E-state index is 11.4. The molecule has 5 heteroatoms. The van der Waals surface area contributed by atoms with Crippen LogP contribution >= 0.6 is 0 Å². The molecule has 0 saturated carbocycles. The summed E-state index contributed by atoms with van der Waals surface area (Å²) in [4.78, 5) is 22.8. The van der Waals surface area contributed by atoms with E-state index in [4.69, 9.17) is 14.2 Å². The van der Waals surface area contributed by atoms with Gasteiger partial charge in [-0.3, -0.25) is 0 Å². The number of esters is 2. The molecule has 0 aromatic rings. The van der Waals surface area contributed by atoms with Gasteiger partial charge >= 0.3 is 11.9 Å². The molecule has 5 nitrogen and oxygen atoms in total. The highest BCUT2D eigenvalue weighted by atomic mass is 16.6. The zero-order valence-electron chi connectivity index (χ0n) is 15.6. The predicted molar refractivity (Wildman–Crippen MR) is 94.9 cm³/mol. The first-order valence-corrected chi connectivity index (χ1v) is 9.59. The molecule has 0 radical (unpaired) electrons. The largest absolute Gasteiger partial charge is 0.464 e. The summed E-state index contributed by atoms with van der Waals surface area (Å²) < 4.78 is 15.1. The molecular weight excluding hydrogens is 308 g/mol. The van der Waals surface area contributed by atoms with Gasteiger partial charge in [-0.05, 0) is 12.8 Å². The summed E-state index contributed by atoms with van der Waals surface area (Å²) in [5, 5.41) is 0. The van der Waals surface area contributed by atoms with Crippen molar-refractivity contribution in [2.45, 2.75) is 84.5 Å². The van der Waals surface area contributed by atoms with E-state index in [-0.39, 0.29) is 13.2 Å².